The van der Waals surface area contributed by atoms with Crippen LogP contribution in [0, 0.1) is 0 Å². The standard InChI is InChI=1S/C5H7IOSi/c7-8-5-3-1-2-4-6-5/h1-6,8H. The summed E-state index contributed by atoms with van der Waals surface area (Å²) in [6.07, 6.45) is 6.10. The molecule has 1 aliphatic heterocycles. The Balaban J connectivity index is 2.51. The van der Waals surface area contributed by atoms with E-state index in [1.165, 1.54) is 0 Å². The third-order valence-electron chi connectivity index (χ3n) is 0.860. The third-order valence-corrected chi connectivity index (χ3v) is 5.60. The van der Waals surface area contributed by atoms with Crippen molar-refractivity contribution >= 4 is 30.6 Å². The SMILES string of the molecule is O=[SiH]C1C=CC=C[IH]1. The van der Waals surface area contributed by atoms with E-state index in [9.17, 15) is 4.46 Å². The van der Waals surface area contributed by atoms with E-state index in [0.29, 0.717) is 3.55 Å². The van der Waals surface area contributed by atoms with E-state index in [4.69, 9.17) is 0 Å². The second-order valence-corrected chi connectivity index (χ2v) is 7.04. The van der Waals surface area contributed by atoms with E-state index >= 15 is 0 Å². The van der Waals surface area contributed by atoms with Crippen LogP contribution < -0.4 is 0 Å². The molecule has 0 saturated carbocycles. The van der Waals surface area contributed by atoms with E-state index in [0.717, 1.165) is 0 Å². The monoisotopic (exact) mass is 238 g/mol. The minimum absolute atomic E-state index is 0.0507. The topological polar surface area (TPSA) is 17.1 Å². The summed E-state index contributed by atoms with van der Waals surface area (Å²) in [7, 11) is -0.543. The molecule has 0 aliphatic carbocycles. The van der Waals surface area contributed by atoms with Gasteiger partial charge in [0.05, 0.1) is 0 Å². The van der Waals surface area contributed by atoms with Crippen molar-refractivity contribution in [3.63, 3.8) is 0 Å². The first kappa shape index (κ1) is 6.35. The van der Waals surface area contributed by atoms with Crippen LogP contribution in [0.15, 0.2) is 22.3 Å². The Morgan fingerprint density at radius 1 is 1.50 bits per heavy atom. The molecule has 8 heavy (non-hydrogen) atoms. The average molecular weight is 238 g/mol. The van der Waals surface area contributed by atoms with E-state index < -0.39 is 9.41 Å². The fourth-order valence-electron chi connectivity index (χ4n) is 0.478. The van der Waals surface area contributed by atoms with Gasteiger partial charge in [-0.1, -0.05) is 0 Å². The van der Waals surface area contributed by atoms with Crippen molar-refractivity contribution in [1.82, 2.24) is 0 Å². The first-order valence-electron chi connectivity index (χ1n) is 2.37. The molecule has 0 N–H and O–H groups in total. The number of rotatable bonds is 1. The fourth-order valence-corrected chi connectivity index (χ4v) is 3.47. The molecule has 0 amide bonds. The summed E-state index contributed by atoms with van der Waals surface area (Å²) in [5, 5.41) is 0. The fraction of sp³-hybridized carbons (Fsp3) is 0.200. The van der Waals surface area contributed by atoms with Crippen LogP contribution in [0.1, 0.15) is 0 Å². The second kappa shape index (κ2) is 3.29. The molecule has 1 rings (SSSR count). The van der Waals surface area contributed by atoms with Gasteiger partial charge in [0.1, 0.15) is 0 Å². The third kappa shape index (κ3) is 1.63. The normalized spacial score (nSPS) is 26.8. The van der Waals surface area contributed by atoms with Gasteiger partial charge in [-0.25, -0.2) is 0 Å². The maximum atomic E-state index is 10.3. The molecule has 0 aromatic carbocycles. The Hall–Kier alpha value is 0.227. The molecule has 0 spiro atoms. The van der Waals surface area contributed by atoms with Crippen LogP contribution in [-0.2, 0) is 4.46 Å². The van der Waals surface area contributed by atoms with Crippen LogP contribution >= 0.6 is 21.2 Å². The summed E-state index contributed by atoms with van der Waals surface area (Å²) in [5.41, 5.74) is 0. The van der Waals surface area contributed by atoms with Crippen molar-refractivity contribution in [2.45, 2.75) is 3.55 Å². The van der Waals surface area contributed by atoms with Crippen molar-refractivity contribution in [1.29, 1.82) is 0 Å². The molecule has 0 fully saturated rings. The second-order valence-electron chi connectivity index (χ2n) is 1.45. The predicted molar refractivity (Wildman–Crippen MR) is 45.3 cm³/mol. The molecule has 0 aromatic rings. The van der Waals surface area contributed by atoms with Gasteiger partial charge in [0.15, 0.2) is 0 Å². The van der Waals surface area contributed by atoms with E-state index in [-0.39, 0.29) is 21.2 Å². The summed E-state index contributed by atoms with van der Waals surface area (Å²) >= 11 is -0.0507. The molecular weight excluding hydrogens is 231 g/mol. The molecule has 0 saturated heterocycles. The summed E-state index contributed by atoms with van der Waals surface area (Å²) in [6.45, 7) is 0. The van der Waals surface area contributed by atoms with Crippen LogP contribution in [0.25, 0.3) is 0 Å². The average Bonchev–Trinajstić information content (AvgIpc) is 1.90. The van der Waals surface area contributed by atoms with Crippen LogP contribution in [0.2, 0.25) is 0 Å². The van der Waals surface area contributed by atoms with Crippen LogP contribution in [0.5, 0.6) is 0 Å². The summed E-state index contributed by atoms with van der Waals surface area (Å²) in [6, 6.07) is 0. The van der Waals surface area contributed by atoms with E-state index in [1.54, 1.807) is 0 Å². The summed E-state index contributed by atoms with van der Waals surface area (Å²) in [4.78, 5) is 0. The van der Waals surface area contributed by atoms with E-state index in [2.05, 4.69) is 10.2 Å². The molecule has 1 aliphatic rings. The molecule has 0 radical (unpaired) electrons. The number of halogens is 1. The summed E-state index contributed by atoms with van der Waals surface area (Å²) < 4.78 is 13.0. The molecule has 3 heteroatoms. The van der Waals surface area contributed by atoms with Gasteiger partial charge in [-0.3, -0.25) is 0 Å². The van der Waals surface area contributed by atoms with Gasteiger partial charge in [0, 0.05) is 0 Å². The van der Waals surface area contributed by atoms with Crippen LogP contribution in [0.3, 0.4) is 0 Å². The number of hydrogen-bond acceptors (Lipinski definition) is 1. The zero-order valence-electron chi connectivity index (χ0n) is 4.28. The van der Waals surface area contributed by atoms with Crippen molar-refractivity contribution in [2.75, 3.05) is 0 Å². The molecule has 1 unspecified atom stereocenters. The van der Waals surface area contributed by atoms with Gasteiger partial charge in [-0.2, -0.15) is 0 Å². The molecule has 1 heterocycles. The van der Waals surface area contributed by atoms with Crippen molar-refractivity contribution < 1.29 is 4.46 Å². The van der Waals surface area contributed by atoms with Crippen LogP contribution in [0.4, 0.5) is 0 Å². The Morgan fingerprint density at radius 2 is 2.38 bits per heavy atom. The number of allylic oxidation sites excluding steroid dienone is 3. The zero-order chi connectivity index (χ0) is 5.82. The van der Waals surface area contributed by atoms with E-state index in [1.807, 2.05) is 12.2 Å². The molecule has 44 valence electrons. The van der Waals surface area contributed by atoms with Gasteiger partial charge in [0.25, 0.3) is 0 Å². The first-order valence-corrected chi connectivity index (χ1v) is 6.20. The first-order chi connectivity index (χ1) is 3.93. The van der Waals surface area contributed by atoms with Gasteiger partial charge < -0.3 is 0 Å². The molecule has 1 atom stereocenters. The molecule has 1 nitrogen and oxygen atoms in total. The van der Waals surface area contributed by atoms with Gasteiger partial charge >= 0.3 is 60.9 Å². The maximum absolute atomic E-state index is 10.3. The molecule has 0 aromatic heterocycles. The van der Waals surface area contributed by atoms with Crippen LogP contribution in [-0.4, -0.2) is 13.0 Å². The Bertz CT molecular complexity index is 141. The van der Waals surface area contributed by atoms with Crippen molar-refractivity contribution in [2.24, 2.45) is 0 Å². The van der Waals surface area contributed by atoms with Crippen molar-refractivity contribution in [3.8, 4) is 0 Å². The Morgan fingerprint density at radius 3 is 2.75 bits per heavy atom. The zero-order valence-corrected chi connectivity index (χ0v) is 7.77. The Kier molecular flexibility index (Phi) is 2.61. The quantitative estimate of drug-likeness (QED) is 0.376. The minimum atomic E-state index is -0.543. The number of alkyl halides is 1. The molecular formula is C5H7IOSi. The van der Waals surface area contributed by atoms with Gasteiger partial charge in [-0.05, 0) is 0 Å². The predicted octanol–water partition coefficient (Wildman–Crippen LogP) is 0.881. The van der Waals surface area contributed by atoms with Gasteiger partial charge in [-0.15, -0.1) is 0 Å². The molecule has 0 bridgehead atoms. The summed E-state index contributed by atoms with van der Waals surface area (Å²) in [5.74, 6) is 0. The van der Waals surface area contributed by atoms with Gasteiger partial charge in [0.2, 0.25) is 0 Å². The number of hydrogen-bond donors (Lipinski definition) is 0. The Labute approximate surface area is 61.0 Å². The van der Waals surface area contributed by atoms with Crippen molar-refractivity contribution in [3.05, 3.63) is 22.3 Å².